The number of hydrogen-bond acceptors (Lipinski definition) is 8. The van der Waals surface area contributed by atoms with Crippen LogP contribution in [0.5, 0.6) is 0 Å². The van der Waals surface area contributed by atoms with Gasteiger partial charge in [-0.2, -0.15) is 0 Å². The monoisotopic (exact) mass is 495 g/mol. The van der Waals surface area contributed by atoms with Crippen LogP contribution in [0.1, 0.15) is 33.5 Å². The van der Waals surface area contributed by atoms with Gasteiger partial charge >= 0.3 is 0 Å². The zero-order valence-corrected chi connectivity index (χ0v) is 22.1. The predicted molar refractivity (Wildman–Crippen MR) is 143 cm³/mol. The molecule has 2 atom stereocenters. The van der Waals surface area contributed by atoms with Crippen molar-refractivity contribution in [3.63, 3.8) is 0 Å². The van der Waals surface area contributed by atoms with E-state index >= 15 is 0 Å². The fourth-order valence-electron chi connectivity index (χ4n) is 5.06. The SMILES string of the molecule is CC1CN(C(C)(C)CNc2nc(CN3CCOCC3)nc3scc(-c4ccccc4)c23)CC(C)O1. The Morgan fingerprint density at radius 1 is 1.06 bits per heavy atom. The molecule has 0 bridgehead atoms. The number of aromatic nitrogens is 2. The molecule has 5 rings (SSSR count). The van der Waals surface area contributed by atoms with Crippen LogP contribution in [-0.4, -0.2) is 83.5 Å². The molecule has 1 N–H and O–H groups in total. The van der Waals surface area contributed by atoms with Crippen LogP contribution in [0.2, 0.25) is 0 Å². The molecule has 2 unspecified atom stereocenters. The molecule has 1 aromatic carbocycles. The maximum atomic E-state index is 5.98. The molecule has 3 aromatic rings. The Morgan fingerprint density at radius 3 is 2.49 bits per heavy atom. The minimum Gasteiger partial charge on any atom is -0.379 e. The summed E-state index contributed by atoms with van der Waals surface area (Å²) in [5, 5.41) is 7.09. The number of benzene rings is 1. The highest BCUT2D eigenvalue weighted by atomic mass is 32.1. The zero-order chi connectivity index (χ0) is 24.4. The largest absolute Gasteiger partial charge is 0.379 e. The van der Waals surface area contributed by atoms with Crippen LogP contribution in [0.3, 0.4) is 0 Å². The number of fused-ring (bicyclic) bond motifs is 1. The number of rotatable bonds is 7. The Hall–Kier alpha value is -2.10. The van der Waals surface area contributed by atoms with E-state index in [2.05, 4.69) is 78.5 Å². The van der Waals surface area contributed by atoms with Crippen LogP contribution in [0.25, 0.3) is 21.3 Å². The number of anilines is 1. The van der Waals surface area contributed by atoms with E-state index in [0.29, 0.717) is 0 Å². The number of nitrogens with zero attached hydrogens (tertiary/aromatic N) is 4. The quantitative estimate of drug-likeness (QED) is 0.518. The number of thiophene rings is 1. The summed E-state index contributed by atoms with van der Waals surface area (Å²) in [4.78, 5) is 16.0. The van der Waals surface area contributed by atoms with E-state index in [1.165, 1.54) is 11.1 Å². The average Bonchev–Trinajstić information content (AvgIpc) is 3.27. The molecule has 188 valence electrons. The number of hydrogen-bond donors (Lipinski definition) is 1. The van der Waals surface area contributed by atoms with Crippen molar-refractivity contribution in [1.82, 2.24) is 19.8 Å². The van der Waals surface area contributed by atoms with Gasteiger partial charge in [0.05, 0.1) is 37.4 Å². The third-order valence-corrected chi connectivity index (χ3v) is 7.87. The second kappa shape index (κ2) is 10.5. The van der Waals surface area contributed by atoms with E-state index in [1.54, 1.807) is 11.3 Å². The number of ether oxygens (including phenoxy) is 2. The topological polar surface area (TPSA) is 62.8 Å². The Bertz CT molecular complexity index is 1120. The first kappa shape index (κ1) is 24.6. The van der Waals surface area contributed by atoms with E-state index in [1.807, 2.05) is 0 Å². The summed E-state index contributed by atoms with van der Waals surface area (Å²) in [6.45, 7) is 15.7. The summed E-state index contributed by atoms with van der Waals surface area (Å²) in [5.74, 6) is 1.80. The molecule has 0 spiro atoms. The summed E-state index contributed by atoms with van der Waals surface area (Å²) in [6.07, 6.45) is 0.482. The molecule has 35 heavy (non-hydrogen) atoms. The van der Waals surface area contributed by atoms with Gasteiger partial charge in [0.25, 0.3) is 0 Å². The molecule has 2 aliphatic rings. The van der Waals surface area contributed by atoms with Gasteiger partial charge in [-0.05, 0) is 33.3 Å². The van der Waals surface area contributed by atoms with E-state index in [-0.39, 0.29) is 17.7 Å². The fraction of sp³-hybridized carbons (Fsp3) is 0.556. The molecular formula is C27H37N5O2S. The third kappa shape index (κ3) is 5.67. The minimum atomic E-state index is -0.0448. The molecule has 2 aliphatic heterocycles. The van der Waals surface area contributed by atoms with Crippen LogP contribution in [0.15, 0.2) is 35.7 Å². The normalized spacial score (nSPS) is 22.5. The Kier molecular flexibility index (Phi) is 7.37. The van der Waals surface area contributed by atoms with Crippen molar-refractivity contribution in [3.05, 3.63) is 41.5 Å². The third-order valence-electron chi connectivity index (χ3n) is 7.00. The molecule has 0 radical (unpaired) electrons. The van der Waals surface area contributed by atoms with Crippen molar-refractivity contribution in [2.75, 3.05) is 51.3 Å². The van der Waals surface area contributed by atoms with Gasteiger partial charge in [-0.15, -0.1) is 11.3 Å². The van der Waals surface area contributed by atoms with Crippen LogP contribution in [-0.2, 0) is 16.0 Å². The summed E-state index contributed by atoms with van der Waals surface area (Å²) in [6, 6.07) is 10.6. The van der Waals surface area contributed by atoms with E-state index in [9.17, 15) is 0 Å². The summed E-state index contributed by atoms with van der Waals surface area (Å²) < 4.78 is 11.5. The summed E-state index contributed by atoms with van der Waals surface area (Å²) in [7, 11) is 0. The Labute approximate surface area is 212 Å². The first-order chi connectivity index (χ1) is 16.9. The zero-order valence-electron chi connectivity index (χ0n) is 21.3. The first-order valence-corrected chi connectivity index (χ1v) is 13.5. The molecule has 8 heteroatoms. The molecule has 7 nitrogen and oxygen atoms in total. The molecule has 0 amide bonds. The standard InChI is InChI=1S/C27H37N5O2S/c1-19-14-32(15-20(2)34-19)27(3,4)18-28-25-24-22(21-8-6-5-7-9-21)17-35-26(24)30-23(29-25)16-31-10-12-33-13-11-31/h5-9,17,19-20H,10-16,18H2,1-4H3,(H,28,29,30). The molecule has 2 fully saturated rings. The molecule has 0 saturated carbocycles. The van der Waals surface area contributed by atoms with E-state index < -0.39 is 0 Å². The predicted octanol–water partition coefficient (Wildman–Crippen LogP) is 4.49. The molecule has 4 heterocycles. The van der Waals surface area contributed by atoms with Gasteiger partial charge in [0.2, 0.25) is 0 Å². The van der Waals surface area contributed by atoms with Crippen LogP contribution in [0, 0.1) is 0 Å². The van der Waals surface area contributed by atoms with Crippen molar-refractivity contribution in [2.24, 2.45) is 0 Å². The smallest absolute Gasteiger partial charge is 0.146 e. The molecule has 2 saturated heterocycles. The van der Waals surface area contributed by atoms with Crippen molar-refractivity contribution < 1.29 is 9.47 Å². The van der Waals surface area contributed by atoms with Gasteiger partial charge in [-0.1, -0.05) is 30.3 Å². The van der Waals surface area contributed by atoms with Crippen molar-refractivity contribution >= 4 is 27.4 Å². The van der Waals surface area contributed by atoms with Gasteiger partial charge in [0.1, 0.15) is 16.5 Å². The maximum absolute atomic E-state index is 5.98. The van der Waals surface area contributed by atoms with Crippen LogP contribution >= 0.6 is 11.3 Å². The highest BCUT2D eigenvalue weighted by Crippen LogP contribution is 2.37. The highest BCUT2D eigenvalue weighted by molar-refractivity contribution is 7.17. The van der Waals surface area contributed by atoms with Crippen LogP contribution < -0.4 is 5.32 Å². The van der Waals surface area contributed by atoms with E-state index in [0.717, 1.165) is 74.3 Å². The van der Waals surface area contributed by atoms with E-state index in [4.69, 9.17) is 19.4 Å². The van der Waals surface area contributed by atoms with Crippen LogP contribution in [0.4, 0.5) is 5.82 Å². The van der Waals surface area contributed by atoms with Crippen molar-refractivity contribution in [3.8, 4) is 11.1 Å². The lowest BCUT2D eigenvalue weighted by molar-refractivity contribution is -0.0933. The van der Waals surface area contributed by atoms with Gasteiger partial charge < -0.3 is 14.8 Å². The number of morpholine rings is 2. The first-order valence-electron chi connectivity index (χ1n) is 12.7. The maximum Gasteiger partial charge on any atom is 0.146 e. The second-order valence-corrected chi connectivity index (χ2v) is 11.3. The minimum absolute atomic E-state index is 0.0448. The van der Waals surface area contributed by atoms with Gasteiger partial charge in [0, 0.05) is 49.2 Å². The van der Waals surface area contributed by atoms with Gasteiger partial charge in [0.15, 0.2) is 0 Å². The van der Waals surface area contributed by atoms with Crippen molar-refractivity contribution in [1.29, 1.82) is 0 Å². The molecule has 0 aliphatic carbocycles. The Morgan fingerprint density at radius 2 is 1.77 bits per heavy atom. The second-order valence-electron chi connectivity index (χ2n) is 10.4. The summed E-state index contributed by atoms with van der Waals surface area (Å²) >= 11 is 1.70. The highest BCUT2D eigenvalue weighted by Gasteiger charge is 2.33. The Balaban J connectivity index is 1.45. The molecule has 2 aromatic heterocycles. The number of nitrogens with one attached hydrogen (secondary N) is 1. The summed E-state index contributed by atoms with van der Waals surface area (Å²) in [5.41, 5.74) is 2.34. The lowest BCUT2D eigenvalue weighted by Crippen LogP contribution is -2.57. The van der Waals surface area contributed by atoms with Gasteiger partial charge in [-0.3, -0.25) is 9.80 Å². The van der Waals surface area contributed by atoms with Crippen molar-refractivity contribution in [2.45, 2.75) is 52.0 Å². The average molecular weight is 496 g/mol. The lowest BCUT2D eigenvalue weighted by Gasteiger charge is -2.45. The lowest BCUT2D eigenvalue weighted by atomic mass is 10.00. The van der Waals surface area contributed by atoms with Gasteiger partial charge in [-0.25, -0.2) is 9.97 Å². The fourth-order valence-corrected chi connectivity index (χ4v) is 6.02. The molecular weight excluding hydrogens is 458 g/mol.